The minimum absolute atomic E-state index is 0.474. The zero-order chi connectivity index (χ0) is 20.9. The van der Waals surface area contributed by atoms with E-state index >= 15 is 0 Å². The van der Waals surface area contributed by atoms with Gasteiger partial charge in [0.15, 0.2) is 5.11 Å². The van der Waals surface area contributed by atoms with E-state index < -0.39 is 10.0 Å². The average molecular weight is 435 g/mol. The quantitative estimate of drug-likeness (QED) is 0.677. The molecule has 3 rings (SSSR count). The molecule has 0 saturated carbocycles. The van der Waals surface area contributed by atoms with E-state index in [0.717, 1.165) is 37.6 Å². The molecule has 29 heavy (non-hydrogen) atoms. The summed E-state index contributed by atoms with van der Waals surface area (Å²) in [6.45, 7) is 3.96. The molecule has 9 heteroatoms. The van der Waals surface area contributed by atoms with Crippen molar-refractivity contribution >= 4 is 44.4 Å². The fraction of sp³-hybridized carbons (Fsp3) is 0.350. The van der Waals surface area contributed by atoms with Gasteiger partial charge < -0.3 is 20.3 Å². The number of ether oxygens (including phenoxy) is 1. The van der Waals surface area contributed by atoms with Gasteiger partial charge in [0.25, 0.3) is 0 Å². The van der Waals surface area contributed by atoms with Crippen molar-refractivity contribution in [3.63, 3.8) is 0 Å². The molecule has 156 valence electrons. The molecule has 2 N–H and O–H groups in total. The van der Waals surface area contributed by atoms with Crippen molar-refractivity contribution in [2.24, 2.45) is 0 Å². The summed E-state index contributed by atoms with van der Waals surface area (Å²) in [5.74, 6) is 0. The first-order chi connectivity index (χ1) is 13.8. The van der Waals surface area contributed by atoms with Crippen molar-refractivity contribution in [1.82, 2.24) is 5.32 Å². The van der Waals surface area contributed by atoms with Crippen LogP contribution in [0.3, 0.4) is 0 Å². The molecule has 1 heterocycles. The van der Waals surface area contributed by atoms with E-state index in [0.29, 0.717) is 17.3 Å². The lowest BCUT2D eigenvalue weighted by molar-refractivity contribution is 0.122. The van der Waals surface area contributed by atoms with Crippen LogP contribution in [0.2, 0.25) is 0 Å². The summed E-state index contributed by atoms with van der Waals surface area (Å²) in [6.07, 6.45) is 1.17. The van der Waals surface area contributed by atoms with Gasteiger partial charge in [0.1, 0.15) is 0 Å². The number of hydrogen-bond acceptors (Lipinski definition) is 5. The molecule has 0 atom stereocenters. The summed E-state index contributed by atoms with van der Waals surface area (Å²) in [4.78, 5) is 2.31. The summed E-state index contributed by atoms with van der Waals surface area (Å²) in [6, 6.07) is 15.5. The van der Waals surface area contributed by atoms with Crippen LogP contribution in [0.4, 0.5) is 17.1 Å². The first-order valence-electron chi connectivity index (χ1n) is 9.33. The van der Waals surface area contributed by atoms with Gasteiger partial charge in [-0.15, -0.1) is 0 Å². The monoisotopic (exact) mass is 434 g/mol. The van der Waals surface area contributed by atoms with Crippen LogP contribution < -0.4 is 19.8 Å². The van der Waals surface area contributed by atoms with E-state index in [1.807, 2.05) is 6.07 Å². The maximum absolute atomic E-state index is 11.7. The number of nitrogens with one attached hydrogen (secondary N) is 2. The lowest BCUT2D eigenvalue weighted by Gasteiger charge is -2.28. The van der Waals surface area contributed by atoms with Gasteiger partial charge in [0.05, 0.1) is 25.2 Å². The second-order valence-corrected chi connectivity index (χ2v) is 9.28. The minimum Gasteiger partial charge on any atom is -0.378 e. The predicted octanol–water partition coefficient (Wildman–Crippen LogP) is 2.41. The second kappa shape index (κ2) is 9.43. The van der Waals surface area contributed by atoms with Crippen LogP contribution in [-0.2, 0) is 21.3 Å². The molecular formula is C20H26N4O3S2. The topological polar surface area (TPSA) is 73.9 Å². The Morgan fingerprint density at radius 3 is 2.52 bits per heavy atom. The Hall–Kier alpha value is -2.36. The molecule has 0 spiro atoms. The Morgan fingerprint density at radius 1 is 1.17 bits per heavy atom. The van der Waals surface area contributed by atoms with Crippen molar-refractivity contribution in [2.45, 2.75) is 6.54 Å². The summed E-state index contributed by atoms with van der Waals surface area (Å²) in [7, 11) is -1.79. The smallest absolute Gasteiger partial charge is 0.231 e. The van der Waals surface area contributed by atoms with Crippen LogP contribution >= 0.6 is 12.2 Å². The molecule has 0 radical (unpaired) electrons. The number of rotatable bonds is 6. The number of benzene rings is 2. The first kappa shape index (κ1) is 21.4. The van der Waals surface area contributed by atoms with E-state index in [4.69, 9.17) is 17.0 Å². The highest BCUT2D eigenvalue weighted by atomic mass is 32.2. The normalized spacial score (nSPS) is 14.3. The largest absolute Gasteiger partial charge is 0.378 e. The van der Waals surface area contributed by atoms with Crippen LogP contribution in [0.5, 0.6) is 0 Å². The molecular weight excluding hydrogens is 408 g/mol. The number of thiocarbonyl (C=S) groups is 1. The van der Waals surface area contributed by atoms with Gasteiger partial charge in [-0.2, -0.15) is 0 Å². The Bertz CT molecular complexity index is 942. The van der Waals surface area contributed by atoms with Crippen molar-refractivity contribution in [1.29, 1.82) is 0 Å². The van der Waals surface area contributed by atoms with E-state index in [-0.39, 0.29) is 0 Å². The fourth-order valence-corrected chi connectivity index (χ4v) is 3.66. The summed E-state index contributed by atoms with van der Waals surface area (Å²) in [5.41, 5.74) is 3.61. The highest BCUT2D eigenvalue weighted by molar-refractivity contribution is 7.92. The third-order valence-electron chi connectivity index (χ3n) is 4.73. The van der Waals surface area contributed by atoms with Crippen LogP contribution in [0.25, 0.3) is 0 Å². The maximum atomic E-state index is 11.7. The van der Waals surface area contributed by atoms with Crippen LogP contribution in [-0.4, -0.2) is 53.1 Å². The molecule has 0 amide bonds. The number of morpholine rings is 1. The zero-order valence-electron chi connectivity index (χ0n) is 16.6. The molecule has 1 aliphatic rings. The summed E-state index contributed by atoms with van der Waals surface area (Å²) >= 11 is 5.37. The number of sulfonamides is 1. The lowest BCUT2D eigenvalue weighted by atomic mass is 10.2. The molecule has 1 aliphatic heterocycles. The van der Waals surface area contributed by atoms with Gasteiger partial charge >= 0.3 is 0 Å². The maximum Gasteiger partial charge on any atom is 0.231 e. The Kier molecular flexibility index (Phi) is 6.94. The van der Waals surface area contributed by atoms with Crippen molar-refractivity contribution < 1.29 is 13.2 Å². The molecule has 2 aromatic carbocycles. The fourth-order valence-electron chi connectivity index (χ4n) is 2.97. The Balaban J connectivity index is 1.53. The molecule has 0 bridgehead atoms. The van der Waals surface area contributed by atoms with Crippen LogP contribution in [0.1, 0.15) is 5.56 Å². The Labute approximate surface area is 177 Å². The van der Waals surface area contributed by atoms with Crippen LogP contribution in [0, 0.1) is 0 Å². The molecule has 7 nitrogen and oxygen atoms in total. The Morgan fingerprint density at radius 2 is 1.86 bits per heavy atom. The van der Waals surface area contributed by atoms with E-state index in [1.165, 1.54) is 23.3 Å². The van der Waals surface area contributed by atoms with Crippen molar-refractivity contribution in [3.8, 4) is 0 Å². The highest BCUT2D eigenvalue weighted by Crippen LogP contribution is 2.20. The number of anilines is 3. The summed E-state index contributed by atoms with van der Waals surface area (Å²) in [5, 5.41) is 6.75. The van der Waals surface area contributed by atoms with Gasteiger partial charge in [-0.3, -0.25) is 4.31 Å². The molecule has 1 fully saturated rings. The molecule has 2 aromatic rings. The standard InChI is InChI=1S/C20H26N4O3S2/c1-23(29(2,25)26)19-5-3-4-17(14-19)22-20(28)21-15-16-6-8-18(9-7-16)24-10-12-27-13-11-24/h3-9,14H,10-13,15H2,1-2H3,(H2,21,22,28). The average Bonchev–Trinajstić information content (AvgIpc) is 2.72. The van der Waals surface area contributed by atoms with Gasteiger partial charge in [-0.25, -0.2) is 8.42 Å². The minimum atomic E-state index is -3.31. The predicted molar refractivity (Wildman–Crippen MR) is 122 cm³/mol. The van der Waals surface area contributed by atoms with Gasteiger partial charge in [-0.05, 0) is 48.1 Å². The molecule has 0 unspecified atom stereocenters. The van der Waals surface area contributed by atoms with E-state index in [2.05, 4.69) is 39.8 Å². The van der Waals surface area contributed by atoms with Gasteiger partial charge in [0.2, 0.25) is 10.0 Å². The number of hydrogen-bond donors (Lipinski definition) is 2. The third kappa shape index (κ3) is 6.06. The molecule has 0 aliphatic carbocycles. The zero-order valence-corrected chi connectivity index (χ0v) is 18.2. The van der Waals surface area contributed by atoms with Crippen molar-refractivity contribution in [2.75, 3.05) is 54.1 Å². The van der Waals surface area contributed by atoms with E-state index in [9.17, 15) is 8.42 Å². The third-order valence-corrected chi connectivity index (χ3v) is 6.18. The SMILES string of the molecule is CN(c1cccc(NC(=S)NCc2ccc(N3CCOCC3)cc2)c1)S(C)(=O)=O. The van der Waals surface area contributed by atoms with Gasteiger partial charge in [0, 0.05) is 38.1 Å². The van der Waals surface area contributed by atoms with Crippen molar-refractivity contribution in [3.05, 3.63) is 54.1 Å². The molecule has 0 aromatic heterocycles. The summed E-state index contributed by atoms with van der Waals surface area (Å²) < 4.78 is 30.0. The first-order valence-corrected chi connectivity index (χ1v) is 11.6. The molecule has 1 saturated heterocycles. The van der Waals surface area contributed by atoms with Crippen LogP contribution in [0.15, 0.2) is 48.5 Å². The lowest BCUT2D eigenvalue weighted by Crippen LogP contribution is -2.36. The highest BCUT2D eigenvalue weighted by Gasteiger charge is 2.13. The number of nitrogens with zero attached hydrogens (tertiary/aromatic N) is 2. The van der Waals surface area contributed by atoms with Gasteiger partial charge in [-0.1, -0.05) is 18.2 Å². The van der Waals surface area contributed by atoms with E-state index in [1.54, 1.807) is 18.2 Å². The second-order valence-electron chi connectivity index (χ2n) is 6.85.